The molecule has 102 valence electrons. The standard InChI is InChI=1S/C12H20N2O3S/c1-2-3-10-18(16,17)14(8-9-15)12-7-5-4-6-11(12)13/h4-7,15H,2-3,8-10,13H2,1H3. The second kappa shape index (κ2) is 6.61. The van der Waals surface area contributed by atoms with Crippen LogP contribution in [0.5, 0.6) is 0 Å². The SMILES string of the molecule is CCCCS(=O)(=O)N(CCO)c1ccccc1N. The second-order valence-electron chi connectivity index (χ2n) is 4.02. The van der Waals surface area contributed by atoms with Crippen molar-refractivity contribution in [1.82, 2.24) is 0 Å². The van der Waals surface area contributed by atoms with Crippen molar-refractivity contribution in [3.05, 3.63) is 24.3 Å². The number of sulfonamides is 1. The minimum absolute atomic E-state index is 0.0280. The van der Waals surface area contributed by atoms with Crippen molar-refractivity contribution in [2.75, 3.05) is 28.9 Å². The van der Waals surface area contributed by atoms with E-state index in [0.29, 0.717) is 17.8 Å². The Bertz CT molecular complexity index is 474. The number of hydrogen-bond acceptors (Lipinski definition) is 4. The van der Waals surface area contributed by atoms with Gasteiger partial charge in [0.05, 0.1) is 30.3 Å². The molecule has 0 heterocycles. The first-order valence-corrected chi connectivity index (χ1v) is 7.59. The van der Waals surface area contributed by atoms with Gasteiger partial charge in [0.1, 0.15) is 0 Å². The number of rotatable bonds is 7. The lowest BCUT2D eigenvalue weighted by Gasteiger charge is -2.24. The van der Waals surface area contributed by atoms with E-state index >= 15 is 0 Å². The fraction of sp³-hybridized carbons (Fsp3) is 0.500. The van der Waals surface area contributed by atoms with Crippen molar-refractivity contribution >= 4 is 21.4 Å². The lowest BCUT2D eigenvalue weighted by atomic mass is 10.3. The van der Waals surface area contributed by atoms with Crippen LogP contribution in [0.15, 0.2) is 24.3 Å². The molecule has 0 atom stereocenters. The number of nitrogens with zero attached hydrogens (tertiary/aromatic N) is 1. The van der Waals surface area contributed by atoms with Crippen LogP contribution in [-0.4, -0.2) is 32.4 Å². The third-order valence-corrected chi connectivity index (χ3v) is 4.46. The molecule has 5 nitrogen and oxygen atoms in total. The summed E-state index contributed by atoms with van der Waals surface area (Å²) in [4.78, 5) is 0. The van der Waals surface area contributed by atoms with Gasteiger partial charge in [0.25, 0.3) is 0 Å². The van der Waals surface area contributed by atoms with E-state index in [9.17, 15) is 8.42 Å². The fourth-order valence-corrected chi connectivity index (χ4v) is 3.35. The van der Waals surface area contributed by atoms with E-state index in [1.807, 2.05) is 6.92 Å². The molecule has 3 N–H and O–H groups in total. The van der Waals surface area contributed by atoms with Crippen LogP contribution in [0.4, 0.5) is 11.4 Å². The van der Waals surface area contributed by atoms with Crippen LogP contribution < -0.4 is 10.0 Å². The number of aliphatic hydroxyl groups excluding tert-OH is 1. The zero-order valence-corrected chi connectivity index (χ0v) is 11.4. The molecule has 0 saturated heterocycles. The monoisotopic (exact) mass is 272 g/mol. The van der Waals surface area contributed by atoms with Gasteiger partial charge in [-0.3, -0.25) is 4.31 Å². The van der Waals surface area contributed by atoms with Crippen molar-refractivity contribution in [3.8, 4) is 0 Å². The van der Waals surface area contributed by atoms with Crippen molar-refractivity contribution in [2.24, 2.45) is 0 Å². The zero-order valence-electron chi connectivity index (χ0n) is 10.5. The molecule has 0 bridgehead atoms. The molecule has 1 aromatic carbocycles. The molecule has 0 radical (unpaired) electrons. The fourth-order valence-electron chi connectivity index (χ4n) is 1.65. The van der Waals surface area contributed by atoms with Crippen molar-refractivity contribution < 1.29 is 13.5 Å². The third kappa shape index (κ3) is 3.61. The van der Waals surface area contributed by atoms with Crippen LogP contribution in [0.1, 0.15) is 19.8 Å². The van der Waals surface area contributed by atoms with Crippen LogP contribution in [0.25, 0.3) is 0 Å². The van der Waals surface area contributed by atoms with E-state index in [0.717, 1.165) is 6.42 Å². The molecular formula is C12H20N2O3S. The molecule has 0 aliphatic carbocycles. The molecule has 1 aromatic rings. The molecule has 0 aliphatic rings. The number of hydrogen-bond donors (Lipinski definition) is 2. The minimum Gasteiger partial charge on any atom is -0.397 e. The maximum absolute atomic E-state index is 12.2. The van der Waals surface area contributed by atoms with Crippen molar-refractivity contribution in [1.29, 1.82) is 0 Å². The maximum atomic E-state index is 12.2. The molecule has 18 heavy (non-hydrogen) atoms. The number of unbranched alkanes of at least 4 members (excludes halogenated alkanes) is 1. The number of aliphatic hydroxyl groups is 1. The van der Waals surface area contributed by atoms with Gasteiger partial charge in [-0.15, -0.1) is 0 Å². The highest BCUT2D eigenvalue weighted by Crippen LogP contribution is 2.25. The highest BCUT2D eigenvalue weighted by atomic mass is 32.2. The lowest BCUT2D eigenvalue weighted by Crippen LogP contribution is -2.35. The molecule has 0 saturated carbocycles. The number of para-hydroxylation sites is 2. The molecule has 0 aromatic heterocycles. The van der Waals surface area contributed by atoms with E-state index in [1.165, 1.54) is 4.31 Å². The maximum Gasteiger partial charge on any atom is 0.235 e. The number of nitrogen functional groups attached to an aromatic ring is 1. The van der Waals surface area contributed by atoms with Gasteiger partial charge in [-0.2, -0.15) is 0 Å². The van der Waals surface area contributed by atoms with Gasteiger partial charge in [0, 0.05) is 0 Å². The van der Waals surface area contributed by atoms with Gasteiger partial charge in [-0.05, 0) is 18.6 Å². The first-order valence-electron chi connectivity index (χ1n) is 5.98. The summed E-state index contributed by atoms with van der Waals surface area (Å²) in [5.74, 6) is 0.0673. The number of nitrogens with two attached hydrogens (primary N) is 1. The first kappa shape index (κ1) is 14.8. The molecule has 6 heteroatoms. The molecule has 0 spiro atoms. The van der Waals surface area contributed by atoms with E-state index < -0.39 is 10.0 Å². The van der Waals surface area contributed by atoms with Crippen LogP contribution in [-0.2, 0) is 10.0 Å². The van der Waals surface area contributed by atoms with E-state index in [-0.39, 0.29) is 18.9 Å². The molecule has 0 amide bonds. The predicted molar refractivity (Wildman–Crippen MR) is 74.0 cm³/mol. The molecule has 0 aliphatic heterocycles. The summed E-state index contributed by atoms with van der Waals surface area (Å²) in [6, 6.07) is 6.77. The van der Waals surface area contributed by atoms with Crippen molar-refractivity contribution in [3.63, 3.8) is 0 Å². The van der Waals surface area contributed by atoms with Gasteiger partial charge < -0.3 is 10.8 Å². The van der Waals surface area contributed by atoms with Crippen LogP contribution in [0.3, 0.4) is 0 Å². The summed E-state index contributed by atoms with van der Waals surface area (Å²) in [5, 5.41) is 9.03. The lowest BCUT2D eigenvalue weighted by molar-refractivity contribution is 0.306. The highest BCUT2D eigenvalue weighted by Gasteiger charge is 2.22. The highest BCUT2D eigenvalue weighted by molar-refractivity contribution is 7.92. The average molecular weight is 272 g/mol. The molecular weight excluding hydrogens is 252 g/mol. The second-order valence-corrected chi connectivity index (χ2v) is 6.04. The third-order valence-electron chi connectivity index (χ3n) is 2.60. The van der Waals surface area contributed by atoms with Crippen molar-refractivity contribution in [2.45, 2.75) is 19.8 Å². The molecule has 0 fully saturated rings. The quantitative estimate of drug-likeness (QED) is 0.730. The largest absolute Gasteiger partial charge is 0.397 e. The Kier molecular flexibility index (Phi) is 5.43. The van der Waals surface area contributed by atoms with Gasteiger partial charge in [-0.1, -0.05) is 25.5 Å². The summed E-state index contributed by atoms with van der Waals surface area (Å²) in [6.07, 6.45) is 1.40. The Labute approximate surface area is 108 Å². The first-order chi connectivity index (χ1) is 8.53. The summed E-state index contributed by atoms with van der Waals surface area (Å²) < 4.78 is 25.6. The van der Waals surface area contributed by atoms with Gasteiger partial charge in [-0.25, -0.2) is 8.42 Å². The summed E-state index contributed by atoms with van der Waals surface area (Å²) >= 11 is 0. The minimum atomic E-state index is -3.43. The smallest absolute Gasteiger partial charge is 0.235 e. The Morgan fingerprint density at radius 1 is 1.33 bits per heavy atom. The Balaban J connectivity index is 3.07. The normalized spacial score (nSPS) is 11.4. The number of anilines is 2. The predicted octanol–water partition coefficient (Wildman–Crippen LogP) is 1.20. The summed E-state index contributed by atoms with van der Waals surface area (Å²) in [7, 11) is -3.43. The Morgan fingerprint density at radius 2 is 2.00 bits per heavy atom. The van der Waals surface area contributed by atoms with Crippen LogP contribution in [0, 0.1) is 0 Å². The molecule has 1 rings (SSSR count). The molecule has 0 unspecified atom stereocenters. The average Bonchev–Trinajstić information content (AvgIpc) is 2.34. The van der Waals surface area contributed by atoms with Crippen LogP contribution in [0.2, 0.25) is 0 Å². The Morgan fingerprint density at radius 3 is 2.56 bits per heavy atom. The number of benzene rings is 1. The zero-order chi connectivity index (χ0) is 13.6. The summed E-state index contributed by atoms with van der Waals surface area (Å²) in [6.45, 7) is 1.72. The van der Waals surface area contributed by atoms with E-state index in [2.05, 4.69) is 0 Å². The van der Waals surface area contributed by atoms with E-state index in [1.54, 1.807) is 24.3 Å². The van der Waals surface area contributed by atoms with Gasteiger partial charge in [0.15, 0.2) is 0 Å². The summed E-state index contributed by atoms with van der Waals surface area (Å²) in [5.41, 5.74) is 6.62. The Hall–Kier alpha value is -1.27. The van der Waals surface area contributed by atoms with Crippen LogP contribution >= 0.6 is 0 Å². The van der Waals surface area contributed by atoms with Gasteiger partial charge in [0.2, 0.25) is 10.0 Å². The van der Waals surface area contributed by atoms with Gasteiger partial charge >= 0.3 is 0 Å². The van der Waals surface area contributed by atoms with E-state index in [4.69, 9.17) is 10.8 Å². The topological polar surface area (TPSA) is 83.6 Å².